The number of nitro groups is 1. The number of non-ortho nitro benzene ring substituents is 1. The second-order valence-electron chi connectivity index (χ2n) is 4.29. The fraction of sp³-hybridized carbons (Fsp3) is 0.154. The van der Waals surface area contributed by atoms with E-state index in [9.17, 15) is 15.4 Å². The standard InChI is InChI=1S/C13H12N6O4/c1-22-9-4-6(19(20)21)3-7(11(9)23-2)10-8(5-14)12(15)18-13(16)17-10/h3-4H,1-2H3,(H4,15,16,17,18). The summed E-state index contributed by atoms with van der Waals surface area (Å²) < 4.78 is 10.3. The van der Waals surface area contributed by atoms with Gasteiger partial charge in [0.1, 0.15) is 17.5 Å². The number of aromatic nitrogens is 2. The first-order valence-electron chi connectivity index (χ1n) is 6.16. The monoisotopic (exact) mass is 316 g/mol. The summed E-state index contributed by atoms with van der Waals surface area (Å²) in [5.41, 5.74) is 11.1. The zero-order valence-electron chi connectivity index (χ0n) is 12.2. The van der Waals surface area contributed by atoms with E-state index in [-0.39, 0.29) is 45.8 Å². The molecular formula is C13H12N6O4. The fourth-order valence-corrected chi connectivity index (χ4v) is 2.03. The van der Waals surface area contributed by atoms with Crippen molar-refractivity contribution in [1.29, 1.82) is 5.26 Å². The van der Waals surface area contributed by atoms with Gasteiger partial charge in [0.2, 0.25) is 5.95 Å². The van der Waals surface area contributed by atoms with Gasteiger partial charge in [-0.05, 0) is 0 Å². The predicted octanol–water partition coefficient (Wildman–Crippen LogP) is 1.11. The molecule has 118 valence electrons. The van der Waals surface area contributed by atoms with Gasteiger partial charge < -0.3 is 20.9 Å². The Morgan fingerprint density at radius 1 is 1.26 bits per heavy atom. The van der Waals surface area contributed by atoms with E-state index in [4.69, 9.17) is 20.9 Å². The Balaban J connectivity index is 2.90. The highest BCUT2D eigenvalue weighted by Crippen LogP contribution is 2.42. The first kappa shape index (κ1) is 15.8. The van der Waals surface area contributed by atoms with Gasteiger partial charge >= 0.3 is 0 Å². The molecule has 0 saturated heterocycles. The molecule has 0 unspecified atom stereocenters. The molecule has 0 spiro atoms. The van der Waals surface area contributed by atoms with Crippen LogP contribution in [0.4, 0.5) is 17.5 Å². The van der Waals surface area contributed by atoms with E-state index in [1.807, 2.05) is 6.07 Å². The van der Waals surface area contributed by atoms with Crippen LogP contribution >= 0.6 is 0 Å². The lowest BCUT2D eigenvalue weighted by Gasteiger charge is -2.14. The topological polar surface area (TPSA) is 163 Å². The molecule has 2 aromatic rings. The smallest absolute Gasteiger partial charge is 0.274 e. The third-order valence-corrected chi connectivity index (χ3v) is 3.00. The maximum atomic E-state index is 11.1. The lowest BCUT2D eigenvalue weighted by atomic mass is 10.0. The van der Waals surface area contributed by atoms with E-state index in [1.165, 1.54) is 26.4 Å². The van der Waals surface area contributed by atoms with Crippen LogP contribution in [-0.4, -0.2) is 29.1 Å². The van der Waals surface area contributed by atoms with Gasteiger partial charge in [0, 0.05) is 6.07 Å². The Labute approximate surface area is 130 Å². The van der Waals surface area contributed by atoms with Gasteiger partial charge in [0.05, 0.1) is 36.5 Å². The summed E-state index contributed by atoms with van der Waals surface area (Å²) in [5.74, 6) is -0.0463. The Bertz CT molecular complexity index is 830. The van der Waals surface area contributed by atoms with Gasteiger partial charge in [-0.15, -0.1) is 0 Å². The molecule has 10 nitrogen and oxygen atoms in total. The maximum Gasteiger partial charge on any atom is 0.274 e. The SMILES string of the molecule is COc1cc([N+](=O)[O-])cc(-c2nc(N)nc(N)c2C#N)c1OC. The van der Waals surface area contributed by atoms with Crippen molar-refractivity contribution in [2.24, 2.45) is 0 Å². The Kier molecular flexibility index (Phi) is 4.13. The maximum absolute atomic E-state index is 11.1. The first-order chi connectivity index (χ1) is 10.9. The highest BCUT2D eigenvalue weighted by atomic mass is 16.6. The third-order valence-electron chi connectivity index (χ3n) is 3.00. The molecule has 0 aliphatic carbocycles. The molecule has 2 rings (SSSR count). The number of benzene rings is 1. The average molecular weight is 316 g/mol. The molecule has 0 aliphatic rings. The van der Waals surface area contributed by atoms with Crippen molar-refractivity contribution >= 4 is 17.5 Å². The Morgan fingerprint density at radius 3 is 2.48 bits per heavy atom. The number of nitriles is 1. The number of methoxy groups -OCH3 is 2. The number of nitrogen functional groups attached to an aromatic ring is 2. The molecule has 4 N–H and O–H groups in total. The minimum atomic E-state index is -0.606. The molecule has 0 saturated carbocycles. The second-order valence-corrected chi connectivity index (χ2v) is 4.29. The highest BCUT2D eigenvalue weighted by Gasteiger charge is 2.24. The van der Waals surface area contributed by atoms with Gasteiger partial charge in [-0.25, -0.2) is 4.98 Å². The van der Waals surface area contributed by atoms with Crippen LogP contribution in [0.25, 0.3) is 11.3 Å². The van der Waals surface area contributed by atoms with Crippen LogP contribution in [0.2, 0.25) is 0 Å². The van der Waals surface area contributed by atoms with Crippen molar-refractivity contribution < 1.29 is 14.4 Å². The molecule has 0 radical (unpaired) electrons. The van der Waals surface area contributed by atoms with Crippen LogP contribution in [0.1, 0.15) is 5.56 Å². The largest absolute Gasteiger partial charge is 0.493 e. The summed E-state index contributed by atoms with van der Waals surface area (Å²) in [7, 11) is 2.69. The van der Waals surface area contributed by atoms with E-state index < -0.39 is 4.92 Å². The zero-order chi connectivity index (χ0) is 17.1. The Morgan fingerprint density at radius 2 is 1.96 bits per heavy atom. The number of anilines is 2. The van der Waals surface area contributed by atoms with Crippen LogP contribution < -0.4 is 20.9 Å². The number of rotatable bonds is 4. The number of hydrogen-bond acceptors (Lipinski definition) is 9. The first-order valence-corrected chi connectivity index (χ1v) is 6.16. The van der Waals surface area contributed by atoms with Crippen LogP contribution in [0.3, 0.4) is 0 Å². The summed E-state index contributed by atoms with van der Waals surface area (Å²) >= 11 is 0. The lowest BCUT2D eigenvalue weighted by Crippen LogP contribution is -2.06. The summed E-state index contributed by atoms with van der Waals surface area (Å²) in [6.45, 7) is 0. The molecule has 0 amide bonds. The van der Waals surface area contributed by atoms with E-state index in [0.29, 0.717) is 0 Å². The minimum Gasteiger partial charge on any atom is -0.493 e. The van der Waals surface area contributed by atoms with Gasteiger partial charge in [-0.3, -0.25) is 10.1 Å². The molecule has 10 heteroatoms. The molecule has 23 heavy (non-hydrogen) atoms. The minimum absolute atomic E-state index is 0.0244. The Hall–Kier alpha value is -3.61. The zero-order valence-corrected chi connectivity index (χ0v) is 12.2. The second kappa shape index (κ2) is 6.02. The van der Waals surface area contributed by atoms with Crippen molar-refractivity contribution in [3.8, 4) is 28.8 Å². The van der Waals surface area contributed by atoms with Gasteiger partial charge in [0.15, 0.2) is 11.5 Å². The van der Waals surface area contributed by atoms with Crippen LogP contribution in [0, 0.1) is 21.4 Å². The molecule has 0 aliphatic heterocycles. The van der Waals surface area contributed by atoms with E-state index >= 15 is 0 Å². The molecule has 0 bridgehead atoms. The number of hydrogen-bond donors (Lipinski definition) is 2. The number of nitro benzene ring substituents is 1. The van der Waals surface area contributed by atoms with Crippen molar-refractivity contribution in [2.75, 3.05) is 25.7 Å². The van der Waals surface area contributed by atoms with E-state index in [0.717, 1.165) is 0 Å². The van der Waals surface area contributed by atoms with Crippen LogP contribution in [-0.2, 0) is 0 Å². The molecule has 0 atom stereocenters. The lowest BCUT2D eigenvalue weighted by molar-refractivity contribution is -0.384. The predicted molar refractivity (Wildman–Crippen MR) is 80.8 cm³/mol. The summed E-state index contributed by atoms with van der Waals surface area (Å²) in [5, 5.41) is 20.4. The number of ether oxygens (including phenoxy) is 2. The number of nitrogens with zero attached hydrogens (tertiary/aromatic N) is 4. The van der Waals surface area contributed by atoms with E-state index in [2.05, 4.69) is 9.97 Å². The summed E-state index contributed by atoms with van der Waals surface area (Å²) in [4.78, 5) is 18.2. The van der Waals surface area contributed by atoms with Gasteiger partial charge in [-0.1, -0.05) is 0 Å². The van der Waals surface area contributed by atoms with E-state index in [1.54, 1.807) is 0 Å². The molecule has 0 fully saturated rings. The van der Waals surface area contributed by atoms with Crippen molar-refractivity contribution in [3.63, 3.8) is 0 Å². The fourth-order valence-electron chi connectivity index (χ4n) is 2.03. The van der Waals surface area contributed by atoms with Crippen molar-refractivity contribution in [3.05, 3.63) is 27.8 Å². The van der Waals surface area contributed by atoms with Crippen molar-refractivity contribution in [2.45, 2.75) is 0 Å². The van der Waals surface area contributed by atoms with Gasteiger partial charge in [0.25, 0.3) is 5.69 Å². The van der Waals surface area contributed by atoms with Crippen LogP contribution in [0.5, 0.6) is 11.5 Å². The molecular weight excluding hydrogens is 304 g/mol. The third kappa shape index (κ3) is 2.75. The number of nitrogens with two attached hydrogens (primary N) is 2. The quantitative estimate of drug-likeness (QED) is 0.620. The van der Waals surface area contributed by atoms with Gasteiger partial charge in [-0.2, -0.15) is 10.2 Å². The summed E-state index contributed by atoms with van der Waals surface area (Å²) in [6.07, 6.45) is 0. The summed E-state index contributed by atoms with van der Waals surface area (Å²) in [6, 6.07) is 4.25. The highest BCUT2D eigenvalue weighted by molar-refractivity contribution is 5.81. The van der Waals surface area contributed by atoms with Crippen molar-refractivity contribution in [1.82, 2.24) is 9.97 Å². The molecule has 1 heterocycles. The van der Waals surface area contributed by atoms with Crippen LogP contribution in [0.15, 0.2) is 12.1 Å². The molecule has 1 aromatic heterocycles. The molecule has 1 aromatic carbocycles. The normalized spacial score (nSPS) is 9.96. The average Bonchev–Trinajstić information content (AvgIpc) is 2.52.